The highest BCUT2D eigenvalue weighted by atomic mass is 35.5. The molecule has 7 heteroatoms. The van der Waals surface area contributed by atoms with Crippen molar-refractivity contribution in [3.05, 3.63) is 75.3 Å². The standard InChI is InChI=1S/C17H14ClNO3S2/c18-12-3-6-15(7-4-12)24(21)11-13-5-8-16(22-13)17(20)19-10-14-2-1-9-23-14/h1-9H,10-11H2,(H,19,20)/t24-/m1/s1. The maximum absolute atomic E-state index is 12.3. The predicted molar refractivity (Wildman–Crippen MR) is 95.8 cm³/mol. The molecule has 0 saturated heterocycles. The third-order valence-corrected chi connectivity index (χ3v) is 5.71. The van der Waals surface area contributed by atoms with Gasteiger partial charge in [-0.15, -0.1) is 11.3 Å². The van der Waals surface area contributed by atoms with Gasteiger partial charge in [-0.3, -0.25) is 9.00 Å². The summed E-state index contributed by atoms with van der Waals surface area (Å²) in [4.78, 5) is 13.8. The number of carbonyl (C=O) groups is 1. The molecule has 3 aromatic rings. The quantitative estimate of drug-likeness (QED) is 0.697. The molecule has 4 nitrogen and oxygen atoms in total. The van der Waals surface area contributed by atoms with Gasteiger partial charge in [0.25, 0.3) is 5.91 Å². The van der Waals surface area contributed by atoms with E-state index < -0.39 is 10.8 Å². The predicted octanol–water partition coefficient (Wildman–Crippen LogP) is 4.23. The Morgan fingerprint density at radius 1 is 1.17 bits per heavy atom. The number of benzene rings is 1. The van der Waals surface area contributed by atoms with Crippen LogP contribution in [0.1, 0.15) is 21.2 Å². The highest BCUT2D eigenvalue weighted by Gasteiger charge is 2.13. The lowest BCUT2D eigenvalue weighted by atomic mass is 10.4. The van der Waals surface area contributed by atoms with Gasteiger partial charge in [-0.05, 0) is 47.8 Å². The summed E-state index contributed by atoms with van der Waals surface area (Å²) in [6.45, 7) is 0.462. The third kappa shape index (κ3) is 4.35. The van der Waals surface area contributed by atoms with Crippen LogP contribution < -0.4 is 5.32 Å². The Balaban J connectivity index is 1.59. The van der Waals surface area contributed by atoms with E-state index in [1.165, 1.54) is 0 Å². The zero-order valence-electron chi connectivity index (χ0n) is 12.5. The van der Waals surface area contributed by atoms with Crippen LogP contribution in [0.2, 0.25) is 5.02 Å². The van der Waals surface area contributed by atoms with Gasteiger partial charge in [-0.1, -0.05) is 17.7 Å². The molecule has 0 bridgehead atoms. The van der Waals surface area contributed by atoms with Gasteiger partial charge in [0, 0.05) is 14.8 Å². The number of hydrogen-bond donors (Lipinski definition) is 1. The summed E-state index contributed by atoms with van der Waals surface area (Å²) in [5.41, 5.74) is 0. The van der Waals surface area contributed by atoms with E-state index in [1.54, 1.807) is 47.7 Å². The monoisotopic (exact) mass is 379 g/mol. The molecule has 1 amide bonds. The fourth-order valence-electron chi connectivity index (χ4n) is 2.04. The van der Waals surface area contributed by atoms with Gasteiger partial charge in [-0.2, -0.15) is 0 Å². The normalized spacial score (nSPS) is 12.0. The zero-order valence-corrected chi connectivity index (χ0v) is 14.9. The summed E-state index contributed by atoms with van der Waals surface area (Å²) in [6, 6.07) is 14.0. The summed E-state index contributed by atoms with van der Waals surface area (Å²) in [6.07, 6.45) is 0. The van der Waals surface area contributed by atoms with E-state index in [-0.39, 0.29) is 17.4 Å². The first-order valence-electron chi connectivity index (χ1n) is 7.15. The van der Waals surface area contributed by atoms with Crippen LogP contribution in [-0.4, -0.2) is 10.1 Å². The van der Waals surface area contributed by atoms with Crippen molar-refractivity contribution >= 4 is 39.6 Å². The van der Waals surface area contributed by atoms with Crippen LogP contribution >= 0.6 is 22.9 Å². The summed E-state index contributed by atoms with van der Waals surface area (Å²) in [5, 5.41) is 5.35. The van der Waals surface area contributed by atoms with E-state index in [2.05, 4.69) is 5.32 Å². The minimum Gasteiger partial charge on any atom is -0.455 e. The smallest absolute Gasteiger partial charge is 0.287 e. The largest absolute Gasteiger partial charge is 0.455 e. The van der Waals surface area contributed by atoms with Crippen LogP contribution in [0.25, 0.3) is 0 Å². The lowest BCUT2D eigenvalue weighted by molar-refractivity contribution is 0.0922. The van der Waals surface area contributed by atoms with Gasteiger partial charge in [0.2, 0.25) is 0 Å². The SMILES string of the molecule is O=C(NCc1cccs1)c1ccc(C[S@@](=O)c2ccc(Cl)cc2)o1. The van der Waals surface area contributed by atoms with Gasteiger partial charge in [0.1, 0.15) is 5.76 Å². The van der Waals surface area contributed by atoms with E-state index in [4.69, 9.17) is 16.0 Å². The number of rotatable bonds is 6. The fraction of sp³-hybridized carbons (Fsp3) is 0.118. The van der Waals surface area contributed by atoms with Crippen molar-refractivity contribution in [3.8, 4) is 0 Å². The average Bonchev–Trinajstić information content (AvgIpc) is 3.25. The van der Waals surface area contributed by atoms with E-state index in [0.29, 0.717) is 22.2 Å². The number of hydrogen-bond acceptors (Lipinski definition) is 4. The van der Waals surface area contributed by atoms with Crippen molar-refractivity contribution in [2.75, 3.05) is 0 Å². The van der Waals surface area contributed by atoms with E-state index in [1.807, 2.05) is 17.5 Å². The topological polar surface area (TPSA) is 59.3 Å². The van der Waals surface area contributed by atoms with Gasteiger partial charge < -0.3 is 9.73 Å². The second-order valence-electron chi connectivity index (χ2n) is 4.97. The summed E-state index contributed by atoms with van der Waals surface area (Å²) in [5.74, 6) is 0.644. The summed E-state index contributed by atoms with van der Waals surface area (Å²) >= 11 is 7.40. The molecule has 3 rings (SSSR count). The van der Waals surface area contributed by atoms with Crippen LogP contribution in [0.15, 0.2) is 63.2 Å². The fourth-order valence-corrected chi connectivity index (χ4v) is 3.83. The molecule has 2 heterocycles. The van der Waals surface area contributed by atoms with E-state index in [0.717, 1.165) is 4.88 Å². The maximum atomic E-state index is 12.3. The molecule has 0 radical (unpaired) electrons. The molecule has 0 aliphatic carbocycles. The number of halogens is 1. The van der Waals surface area contributed by atoms with Crippen molar-refractivity contribution < 1.29 is 13.4 Å². The molecule has 0 unspecified atom stereocenters. The Kier molecular flexibility index (Phi) is 5.50. The maximum Gasteiger partial charge on any atom is 0.287 e. The Hall–Kier alpha value is -1.89. The third-order valence-electron chi connectivity index (χ3n) is 3.24. The number of furan rings is 1. The van der Waals surface area contributed by atoms with Crippen LogP contribution in [0.3, 0.4) is 0 Å². The lowest BCUT2D eigenvalue weighted by Gasteiger charge is -2.02. The molecule has 2 aromatic heterocycles. The van der Waals surface area contributed by atoms with Gasteiger partial charge in [0.15, 0.2) is 5.76 Å². The van der Waals surface area contributed by atoms with Crippen molar-refractivity contribution in [1.82, 2.24) is 5.32 Å². The van der Waals surface area contributed by atoms with Crippen LogP contribution in [0.4, 0.5) is 0 Å². The van der Waals surface area contributed by atoms with Gasteiger partial charge in [-0.25, -0.2) is 0 Å². The molecule has 1 atom stereocenters. The summed E-state index contributed by atoms with van der Waals surface area (Å²) < 4.78 is 17.8. The van der Waals surface area contributed by atoms with Crippen LogP contribution in [-0.2, 0) is 23.1 Å². The molecule has 24 heavy (non-hydrogen) atoms. The molecule has 1 N–H and O–H groups in total. The molecule has 0 spiro atoms. The average molecular weight is 380 g/mol. The minimum absolute atomic E-state index is 0.208. The summed E-state index contributed by atoms with van der Waals surface area (Å²) in [7, 11) is -1.25. The second kappa shape index (κ2) is 7.79. The Morgan fingerprint density at radius 2 is 1.96 bits per heavy atom. The van der Waals surface area contributed by atoms with Crippen LogP contribution in [0.5, 0.6) is 0 Å². The number of thiophene rings is 1. The van der Waals surface area contributed by atoms with Crippen molar-refractivity contribution in [2.45, 2.75) is 17.2 Å². The molecule has 0 fully saturated rings. The lowest BCUT2D eigenvalue weighted by Crippen LogP contribution is -2.21. The first-order chi connectivity index (χ1) is 11.6. The molecule has 0 aliphatic rings. The highest BCUT2D eigenvalue weighted by Crippen LogP contribution is 2.17. The zero-order chi connectivity index (χ0) is 16.9. The number of carbonyl (C=O) groups excluding carboxylic acids is 1. The van der Waals surface area contributed by atoms with E-state index in [9.17, 15) is 9.00 Å². The molecular weight excluding hydrogens is 366 g/mol. The molecule has 0 aliphatic heterocycles. The van der Waals surface area contributed by atoms with Gasteiger partial charge >= 0.3 is 0 Å². The van der Waals surface area contributed by atoms with Gasteiger partial charge in [0.05, 0.1) is 23.1 Å². The molecular formula is C17H14ClNO3S2. The highest BCUT2D eigenvalue weighted by molar-refractivity contribution is 7.84. The van der Waals surface area contributed by atoms with Crippen molar-refractivity contribution in [3.63, 3.8) is 0 Å². The number of amides is 1. The van der Waals surface area contributed by atoms with E-state index >= 15 is 0 Å². The van der Waals surface area contributed by atoms with Crippen LogP contribution in [0, 0.1) is 0 Å². The van der Waals surface area contributed by atoms with Crippen molar-refractivity contribution in [2.24, 2.45) is 0 Å². The molecule has 124 valence electrons. The first-order valence-corrected chi connectivity index (χ1v) is 9.73. The Morgan fingerprint density at radius 3 is 2.67 bits per heavy atom. The number of nitrogens with one attached hydrogen (secondary N) is 1. The molecule has 0 saturated carbocycles. The van der Waals surface area contributed by atoms with Crippen molar-refractivity contribution in [1.29, 1.82) is 0 Å². The Labute approximate surface area is 150 Å². The minimum atomic E-state index is -1.25. The first kappa shape index (κ1) is 17.0. The molecule has 1 aromatic carbocycles. The Bertz CT molecular complexity index is 841. The second-order valence-corrected chi connectivity index (χ2v) is 7.89.